The van der Waals surface area contributed by atoms with Crippen LogP contribution in [0.5, 0.6) is 5.75 Å². The summed E-state index contributed by atoms with van der Waals surface area (Å²) < 4.78 is 5.53. The van der Waals surface area contributed by atoms with E-state index < -0.39 is 6.09 Å². The van der Waals surface area contributed by atoms with Crippen LogP contribution >= 0.6 is 23.2 Å². The fourth-order valence-electron chi connectivity index (χ4n) is 4.49. The van der Waals surface area contributed by atoms with Crippen molar-refractivity contribution in [1.82, 2.24) is 4.98 Å². The van der Waals surface area contributed by atoms with Gasteiger partial charge in [-0.15, -0.1) is 23.2 Å². The molecule has 198 valence electrons. The number of rotatable bonds is 9. The molecule has 0 saturated carbocycles. The van der Waals surface area contributed by atoms with Crippen molar-refractivity contribution in [2.24, 2.45) is 0 Å². The van der Waals surface area contributed by atoms with Gasteiger partial charge in [0, 0.05) is 52.7 Å². The summed E-state index contributed by atoms with van der Waals surface area (Å²) in [5.74, 6) is 1.44. The van der Waals surface area contributed by atoms with E-state index in [1.807, 2.05) is 73.7 Å². The Kier molecular flexibility index (Phi) is 8.35. The summed E-state index contributed by atoms with van der Waals surface area (Å²) >= 11 is 11.8. The van der Waals surface area contributed by atoms with Crippen LogP contribution in [0.25, 0.3) is 21.8 Å². The van der Waals surface area contributed by atoms with Gasteiger partial charge in [-0.2, -0.15) is 0 Å². The molecular formula is C31H28Cl2N4O2. The second-order valence-electron chi connectivity index (χ2n) is 9.05. The molecule has 0 spiro atoms. The van der Waals surface area contributed by atoms with E-state index in [9.17, 15) is 4.79 Å². The average molecular weight is 559 g/mol. The SMILES string of the molecule is Cc1ccc(NC(=O)Oc2ccc(N(CCCl)CCCl)cc2)cc1Nc1c2ccccc2nc2ccccc12. The van der Waals surface area contributed by atoms with Crippen molar-refractivity contribution in [3.8, 4) is 5.75 Å². The van der Waals surface area contributed by atoms with E-state index in [1.165, 1.54) is 0 Å². The monoisotopic (exact) mass is 558 g/mol. The van der Waals surface area contributed by atoms with Crippen LogP contribution in [0.15, 0.2) is 91.0 Å². The summed E-state index contributed by atoms with van der Waals surface area (Å²) in [6.07, 6.45) is -0.573. The van der Waals surface area contributed by atoms with Crippen LogP contribution in [0.4, 0.5) is 27.5 Å². The largest absolute Gasteiger partial charge is 0.417 e. The van der Waals surface area contributed by atoms with Gasteiger partial charge < -0.3 is 15.0 Å². The number of para-hydroxylation sites is 2. The lowest BCUT2D eigenvalue weighted by molar-refractivity contribution is 0.215. The maximum atomic E-state index is 12.7. The van der Waals surface area contributed by atoms with Gasteiger partial charge in [0.2, 0.25) is 0 Å². The highest BCUT2D eigenvalue weighted by molar-refractivity contribution is 6.18. The molecule has 0 radical (unpaired) electrons. The number of benzene rings is 4. The smallest absolute Gasteiger partial charge is 0.410 e. The summed E-state index contributed by atoms with van der Waals surface area (Å²) in [4.78, 5) is 19.6. The number of fused-ring (bicyclic) bond motifs is 2. The van der Waals surface area contributed by atoms with E-state index in [4.69, 9.17) is 32.9 Å². The predicted molar refractivity (Wildman–Crippen MR) is 163 cm³/mol. The molecule has 0 aliphatic heterocycles. The molecule has 0 unspecified atom stereocenters. The highest BCUT2D eigenvalue weighted by Crippen LogP contribution is 2.34. The number of alkyl halides is 2. The molecular weight excluding hydrogens is 531 g/mol. The zero-order chi connectivity index (χ0) is 27.2. The topological polar surface area (TPSA) is 66.5 Å². The van der Waals surface area contributed by atoms with Crippen molar-refractivity contribution in [2.75, 3.05) is 40.4 Å². The van der Waals surface area contributed by atoms with Crippen molar-refractivity contribution in [3.05, 3.63) is 96.6 Å². The van der Waals surface area contributed by atoms with Gasteiger partial charge >= 0.3 is 6.09 Å². The van der Waals surface area contributed by atoms with Gasteiger partial charge in [-0.1, -0.05) is 42.5 Å². The Bertz CT molecular complexity index is 1550. The van der Waals surface area contributed by atoms with Crippen molar-refractivity contribution < 1.29 is 9.53 Å². The second-order valence-corrected chi connectivity index (χ2v) is 9.81. The van der Waals surface area contributed by atoms with Gasteiger partial charge in [0.15, 0.2) is 0 Å². The Balaban J connectivity index is 1.34. The standard InChI is InChI=1S/C31H28Cl2N4O2/c1-21-10-11-22(34-31(38)39-24-14-12-23(13-15-24)37(18-16-32)19-17-33)20-29(21)36-30-25-6-2-4-8-27(25)35-28-9-5-3-7-26(28)30/h2-15,20H,16-19H2,1H3,(H,34,38)(H,35,36). The molecule has 5 rings (SSSR count). The van der Waals surface area contributed by atoms with Crippen LogP contribution in [0, 0.1) is 6.92 Å². The minimum absolute atomic E-state index is 0.438. The lowest BCUT2D eigenvalue weighted by Crippen LogP contribution is -2.27. The molecule has 39 heavy (non-hydrogen) atoms. The maximum absolute atomic E-state index is 12.7. The first-order chi connectivity index (χ1) is 19.1. The average Bonchev–Trinajstić information content (AvgIpc) is 2.95. The molecule has 8 heteroatoms. The first-order valence-corrected chi connectivity index (χ1v) is 13.7. The maximum Gasteiger partial charge on any atom is 0.417 e. The fourth-order valence-corrected chi connectivity index (χ4v) is 4.90. The lowest BCUT2D eigenvalue weighted by atomic mass is 10.1. The molecule has 2 N–H and O–H groups in total. The Morgan fingerprint density at radius 2 is 1.46 bits per heavy atom. The summed E-state index contributed by atoms with van der Waals surface area (Å²) in [6, 6.07) is 29.1. The Morgan fingerprint density at radius 1 is 0.846 bits per heavy atom. The minimum atomic E-state index is -0.573. The minimum Gasteiger partial charge on any atom is -0.410 e. The number of anilines is 4. The van der Waals surface area contributed by atoms with Gasteiger partial charge in [-0.3, -0.25) is 5.32 Å². The van der Waals surface area contributed by atoms with Crippen molar-refractivity contribution >= 4 is 73.9 Å². The first kappa shape index (κ1) is 26.6. The third kappa shape index (κ3) is 6.19. The molecule has 0 fully saturated rings. The number of nitrogens with zero attached hydrogens (tertiary/aromatic N) is 2. The molecule has 0 aliphatic carbocycles. The van der Waals surface area contributed by atoms with Gasteiger partial charge in [0.25, 0.3) is 0 Å². The zero-order valence-corrected chi connectivity index (χ0v) is 23.0. The molecule has 4 aromatic carbocycles. The van der Waals surface area contributed by atoms with Crippen molar-refractivity contribution in [1.29, 1.82) is 0 Å². The number of hydrogen-bond acceptors (Lipinski definition) is 5. The van der Waals surface area contributed by atoms with E-state index in [0.29, 0.717) is 36.3 Å². The van der Waals surface area contributed by atoms with Crippen LogP contribution in [0.1, 0.15) is 5.56 Å². The fraction of sp³-hybridized carbons (Fsp3) is 0.161. The van der Waals surface area contributed by atoms with Crippen LogP contribution in [0.3, 0.4) is 0 Å². The summed E-state index contributed by atoms with van der Waals surface area (Å²) in [6.45, 7) is 3.39. The number of ether oxygens (including phenoxy) is 1. The summed E-state index contributed by atoms with van der Waals surface area (Å²) in [5, 5.41) is 8.48. The van der Waals surface area contributed by atoms with E-state index in [2.05, 4.69) is 27.7 Å². The van der Waals surface area contributed by atoms with Gasteiger partial charge in [0.05, 0.1) is 16.7 Å². The first-order valence-electron chi connectivity index (χ1n) is 12.7. The number of nitrogens with one attached hydrogen (secondary N) is 2. The molecule has 6 nitrogen and oxygen atoms in total. The quantitative estimate of drug-likeness (QED) is 0.140. The normalized spacial score (nSPS) is 10.9. The van der Waals surface area contributed by atoms with Crippen molar-refractivity contribution in [3.63, 3.8) is 0 Å². The highest BCUT2D eigenvalue weighted by Gasteiger charge is 2.12. The second kappa shape index (κ2) is 12.2. The number of amides is 1. The Hall–Kier alpha value is -4.00. The van der Waals surface area contributed by atoms with Crippen LogP contribution in [-0.4, -0.2) is 35.9 Å². The third-order valence-corrected chi connectivity index (χ3v) is 6.79. The third-order valence-electron chi connectivity index (χ3n) is 6.45. The number of pyridine rings is 1. The number of aromatic nitrogens is 1. The number of carbonyl (C=O) groups excluding carboxylic acids is 1. The summed E-state index contributed by atoms with van der Waals surface area (Å²) in [5.41, 5.74) is 6.28. The Labute approximate surface area is 237 Å². The molecule has 0 bridgehead atoms. The van der Waals surface area contributed by atoms with Gasteiger partial charge in [-0.25, -0.2) is 9.78 Å². The van der Waals surface area contributed by atoms with E-state index >= 15 is 0 Å². The molecule has 5 aromatic rings. The molecule has 0 saturated heterocycles. The van der Waals surface area contributed by atoms with Gasteiger partial charge in [-0.05, 0) is 61.0 Å². The lowest BCUT2D eigenvalue weighted by Gasteiger charge is -2.22. The zero-order valence-electron chi connectivity index (χ0n) is 21.5. The molecule has 1 amide bonds. The number of aryl methyl sites for hydroxylation is 1. The highest BCUT2D eigenvalue weighted by atomic mass is 35.5. The number of hydrogen-bond donors (Lipinski definition) is 2. The molecule has 0 atom stereocenters. The van der Waals surface area contributed by atoms with Crippen LogP contribution in [-0.2, 0) is 0 Å². The van der Waals surface area contributed by atoms with Gasteiger partial charge in [0.1, 0.15) is 5.75 Å². The van der Waals surface area contributed by atoms with E-state index in [0.717, 1.165) is 44.4 Å². The molecule has 0 aliphatic rings. The molecule has 1 aromatic heterocycles. The van der Waals surface area contributed by atoms with Crippen LogP contribution in [0.2, 0.25) is 0 Å². The predicted octanol–water partition coefficient (Wildman–Crippen LogP) is 8.33. The Morgan fingerprint density at radius 3 is 2.08 bits per heavy atom. The van der Waals surface area contributed by atoms with E-state index in [-0.39, 0.29) is 0 Å². The molecule has 1 heterocycles. The number of carbonyl (C=O) groups is 1. The number of halogens is 2. The summed E-state index contributed by atoms with van der Waals surface area (Å²) in [7, 11) is 0. The van der Waals surface area contributed by atoms with Crippen molar-refractivity contribution in [2.45, 2.75) is 6.92 Å². The van der Waals surface area contributed by atoms with Crippen LogP contribution < -0.4 is 20.3 Å². The van der Waals surface area contributed by atoms with E-state index in [1.54, 1.807) is 12.1 Å².